The van der Waals surface area contributed by atoms with Gasteiger partial charge in [0.1, 0.15) is 0 Å². The minimum atomic E-state index is -2.49. The number of nitrogens with one attached hydrogen (secondary N) is 1. The number of benzene rings is 2. The molecule has 1 radical (unpaired) electrons. The molecule has 6 nitrogen and oxygen atoms in total. The van der Waals surface area contributed by atoms with Crippen LogP contribution in [0.15, 0.2) is 72.9 Å². The molecule has 0 unspecified atom stereocenters. The van der Waals surface area contributed by atoms with Crippen molar-refractivity contribution in [2.45, 2.75) is 21.2 Å². The number of ether oxygens (including phenoxy) is 1. The number of hydrogen-bond donors (Lipinski definition) is 1. The molecule has 173 valence electrons. The monoisotopic (exact) mass is 561 g/mol. The first-order valence-corrected chi connectivity index (χ1v) is 16.7. The Morgan fingerprint density at radius 1 is 1.12 bits per heavy atom. The van der Waals surface area contributed by atoms with E-state index in [0.717, 1.165) is 57.0 Å². The zero-order valence-electron chi connectivity index (χ0n) is 19.8. The molecule has 4 aromatic rings. The average Bonchev–Trinajstić information content (AvgIpc) is 3.49. The second kappa shape index (κ2) is 9.70. The number of anilines is 2. The summed E-state index contributed by atoms with van der Waals surface area (Å²) in [6.45, 7) is 0. The van der Waals surface area contributed by atoms with Gasteiger partial charge in [-0.2, -0.15) is 0 Å². The number of amides is 1. The van der Waals surface area contributed by atoms with Crippen LogP contribution in [-0.4, -0.2) is 54.3 Å². The Kier molecular flexibility index (Phi) is 6.50. The molecule has 0 spiro atoms. The van der Waals surface area contributed by atoms with Crippen LogP contribution in [0.25, 0.3) is 16.8 Å². The van der Waals surface area contributed by atoms with E-state index in [1.54, 1.807) is 7.11 Å². The summed E-state index contributed by atoms with van der Waals surface area (Å²) in [4.78, 5) is 20.6. The van der Waals surface area contributed by atoms with E-state index in [0.29, 0.717) is 0 Å². The van der Waals surface area contributed by atoms with Gasteiger partial charge in [0.25, 0.3) is 0 Å². The van der Waals surface area contributed by atoms with Crippen LogP contribution in [-0.2, 0) is 0 Å². The van der Waals surface area contributed by atoms with Gasteiger partial charge in [-0.25, -0.2) is 0 Å². The van der Waals surface area contributed by atoms with Gasteiger partial charge in [0.2, 0.25) is 0 Å². The molecule has 1 amide bonds. The van der Waals surface area contributed by atoms with Crippen LogP contribution in [0, 0.1) is 0 Å². The quantitative estimate of drug-likeness (QED) is 0.303. The van der Waals surface area contributed by atoms with Crippen molar-refractivity contribution in [1.29, 1.82) is 0 Å². The van der Waals surface area contributed by atoms with E-state index < -0.39 is 19.8 Å². The van der Waals surface area contributed by atoms with Crippen molar-refractivity contribution in [3.63, 3.8) is 0 Å². The third-order valence-corrected chi connectivity index (χ3v) is 15.1. The van der Waals surface area contributed by atoms with Gasteiger partial charge >= 0.3 is 208 Å². The van der Waals surface area contributed by atoms with Crippen LogP contribution in [0.3, 0.4) is 0 Å². The molecule has 1 saturated heterocycles. The zero-order valence-corrected chi connectivity index (χ0v) is 22.6. The number of carbonyl (C=O) groups excluding carboxylic acids is 1. The predicted octanol–water partition coefficient (Wildman–Crippen LogP) is 5.80. The maximum absolute atomic E-state index is 13.4. The Morgan fingerprint density at radius 3 is 2.71 bits per heavy atom. The molecule has 0 saturated carbocycles. The van der Waals surface area contributed by atoms with Crippen molar-refractivity contribution in [2.24, 2.45) is 0 Å². The number of carbonyl (C=O) groups is 1. The molecular formula is C27H29N4O2Sn. The third-order valence-electron chi connectivity index (χ3n) is 6.52. The number of methoxy groups -OCH3 is 1. The Labute approximate surface area is 207 Å². The summed E-state index contributed by atoms with van der Waals surface area (Å²) in [5.41, 5.74) is 5.04. The summed E-state index contributed by atoms with van der Waals surface area (Å²) in [5.74, 6) is 1.85. The van der Waals surface area contributed by atoms with E-state index in [2.05, 4.69) is 32.9 Å². The van der Waals surface area contributed by atoms with Gasteiger partial charge in [-0.05, 0) is 0 Å². The fraction of sp³-hybridized carbons (Fsp3) is 0.259. The molecule has 1 atom stereocenters. The van der Waals surface area contributed by atoms with Crippen LogP contribution in [0.4, 0.5) is 16.2 Å². The van der Waals surface area contributed by atoms with Crippen molar-refractivity contribution in [1.82, 2.24) is 9.38 Å². The average molecular weight is 560 g/mol. The van der Waals surface area contributed by atoms with Gasteiger partial charge in [0.05, 0.1) is 0 Å². The van der Waals surface area contributed by atoms with Crippen molar-refractivity contribution < 1.29 is 9.53 Å². The van der Waals surface area contributed by atoms with Gasteiger partial charge in [-0.3, -0.25) is 0 Å². The second-order valence-electron chi connectivity index (χ2n) is 8.87. The van der Waals surface area contributed by atoms with E-state index in [-0.39, 0.29) is 7.86 Å². The first-order valence-electron chi connectivity index (χ1n) is 11.6. The summed E-state index contributed by atoms with van der Waals surface area (Å²) in [6.07, 6.45) is 4.22. The van der Waals surface area contributed by atoms with E-state index in [1.165, 1.54) is 0 Å². The fourth-order valence-electron chi connectivity index (χ4n) is 4.75. The minimum absolute atomic E-state index is 0.262. The van der Waals surface area contributed by atoms with Crippen LogP contribution in [0.5, 0.6) is 5.75 Å². The van der Waals surface area contributed by atoms with Gasteiger partial charge in [-0.1, -0.05) is 0 Å². The molecule has 2 aromatic heterocycles. The predicted molar refractivity (Wildman–Crippen MR) is 140 cm³/mol. The molecule has 34 heavy (non-hydrogen) atoms. The SMILES string of the molecule is COc1cccc(-c2nc([C@H]3CC[CH2][Sn]3[C](=O)Nc3ccc(N(C)C)cc3)n3ccccc23)c1. The Balaban J connectivity index is 1.46. The number of fused-ring (bicyclic) bond motifs is 1. The van der Waals surface area contributed by atoms with Crippen molar-refractivity contribution in [3.8, 4) is 17.0 Å². The molecule has 1 aliphatic rings. The Hall–Kier alpha value is -3.00. The topological polar surface area (TPSA) is 58.9 Å². The van der Waals surface area contributed by atoms with Crippen molar-refractivity contribution >= 4 is 40.6 Å². The molecule has 0 aliphatic carbocycles. The first kappa shape index (κ1) is 22.8. The Bertz CT molecular complexity index is 1320. The number of hydrogen-bond acceptors (Lipinski definition) is 4. The van der Waals surface area contributed by atoms with Gasteiger partial charge < -0.3 is 0 Å². The summed E-state index contributed by atoms with van der Waals surface area (Å²) in [6, 6.07) is 22.3. The summed E-state index contributed by atoms with van der Waals surface area (Å²) < 4.78 is 9.22. The van der Waals surface area contributed by atoms with E-state index >= 15 is 0 Å². The number of imidazole rings is 1. The van der Waals surface area contributed by atoms with E-state index in [1.807, 2.05) is 68.7 Å². The molecular weight excluding hydrogens is 531 g/mol. The molecule has 3 heterocycles. The van der Waals surface area contributed by atoms with E-state index in [4.69, 9.17) is 9.72 Å². The van der Waals surface area contributed by atoms with Crippen LogP contribution >= 0.6 is 0 Å². The molecule has 1 fully saturated rings. The van der Waals surface area contributed by atoms with Crippen LogP contribution < -0.4 is 15.0 Å². The van der Waals surface area contributed by atoms with Gasteiger partial charge in [0, 0.05) is 0 Å². The Morgan fingerprint density at radius 2 is 1.94 bits per heavy atom. The van der Waals surface area contributed by atoms with Crippen LogP contribution in [0.2, 0.25) is 4.44 Å². The van der Waals surface area contributed by atoms with E-state index in [9.17, 15) is 4.79 Å². The van der Waals surface area contributed by atoms with Crippen molar-refractivity contribution in [2.75, 3.05) is 31.4 Å². The number of rotatable bonds is 6. The van der Waals surface area contributed by atoms with Crippen LogP contribution in [0.1, 0.15) is 22.6 Å². The molecule has 2 aromatic carbocycles. The first-order chi connectivity index (χ1) is 16.5. The molecule has 0 bridgehead atoms. The van der Waals surface area contributed by atoms with Gasteiger partial charge in [-0.15, -0.1) is 0 Å². The zero-order chi connectivity index (χ0) is 23.7. The number of pyridine rings is 1. The summed E-state index contributed by atoms with van der Waals surface area (Å²) >= 11 is -2.49. The standard InChI is InChI=1S/C18H18N2O.C9H11N2O.Sn/c1-3-4-11-17-19-18(16-10-5-6-12-20(16)17)14-8-7-9-15(13-14)21-2;1-11(2)9-5-3-8(4-6-9)10-7-12;/h5-13H,1,3-4H2,2H3;3-6H,1-2H3,(H,10,12);. The number of aromatic nitrogens is 2. The van der Waals surface area contributed by atoms with Crippen molar-refractivity contribution in [3.05, 3.63) is 78.8 Å². The molecule has 5 rings (SSSR count). The second-order valence-corrected chi connectivity index (χ2v) is 16.6. The fourth-order valence-corrected chi connectivity index (χ4v) is 12.9. The number of nitrogens with zero attached hydrogens (tertiary/aromatic N) is 3. The molecule has 1 aliphatic heterocycles. The third kappa shape index (κ3) is 4.39. The summed E-state index contributed by atoms with van der Waals surface area (Å²) in [7, 11) is 5.71. The molecule has 1 N–H and O–H groups in total. The van der Waals surface area contributed by atoms with Gasteiger partial charge in [0.15, 0.2) is 0 Å². The molecule has 7 heteroatoms. The normalized spacial score (nSPS) is 16.0. The summed E-state index contributed by atoms with van der Waals surface area (Å²) in [5, 5.41) is 3.23. The maximum atomic E-state index is 13.4.